The molecule has 0 saturated carbocycles. The first-order valence-corrected chi connectivity index (χ1v) is 8.23. The lowest BCUT2D eigenvalue weighted by Crippen LogP contribution is -2.22. The molecule has 1 fully saturated rings. The number of anilines is 3. The second-order valence-corrected chi connectivity index (χ2v) is 6.09. The summed E-state index contributed by atoms with van der Waals surface area (Å²) < 4.78 is 0. The van der Waals surface area contributed by atoms with Crippen LogP contribution in [-0.2, 0) is 4.79 Å². The molecule has 3 rings (SSSR count). The van der Waals surface area contributed by atoms with Gasteiger partial charge in [-0.3, -0.25) is 4.79 Å². The topological polar surface area (TPSA) is 44.4 Å². The molecule has 0 aromatic heterocycles. The number of nitrogens with zero attached hydrogens (tertiary/aromatic N) is 1. The fourth-order valence-electron chi connectivity index (χ4n) is 2.72. The summed E-state index contributed by atoms with van der Waals surface area (Å²) in [5.41, 5.74) is 2.86. The number of carbonyl (C=O) groups is 1. The lowest BCUT2D eigenvalue weighted by molar-refractivity contribution is -0.114. The third kappa shape index (κ3) is 4.39. The molecule has 1 aliphatic rings. The van der Waals surface area contributed by atoms with E-state index in [1.807, 2.05) is 24.3 Å². The Bertz CT molecular complexity index is 666. The van der Waals surface area contributed by atoms with Crippen LogP contribution in [0.3, 0.4) is 0 Å². The summed E-state index contributed by atoms with van der Waals surface area (Å²) in [6, 6.07) is 15.3. The van der Waals surface area contributed by atoms with Crippen molar-refractivity contribution < 1.29 is 4.79 Å². The molecule has 5 heteroatoms. The average molecular weight is 330 g/mol. The van der Waals surface area contributed by atoms with Gasteiger partial charge in [-0.1, -0.05) is 17.7 Å². The van der Waals surface area contributed by atoms with Gasteiger partial charge in [-0.15, -0.1) is 0 Å². The largest absolute Gasteiger partial charge is 0.376 e. The van der Waals surface area contributed by atoms with Crippen molar-refractivity contribution in [3.8, 4) is 0 Å². The summed E-state index contributed by atoms with van der Waals surface area (Å²) in [6.07, 6.45) is 2.52. The highest BCUT2D eigenvalue weighted by molar-refractivity contribution is 6.30. The second kappa shape index (κ2) is 7.38. The maximum Gasteiger partial charge on any atom is 0.243 e. The van der Waals surface area contributed by atoms with E-state index in [-0.39, 0.29) is 12.5 Å². The summed E-state index contributed by atoms with van der Waals surface area (Å²) in [4.78, 5) is 14.4. The zero-order valence-electron chi connectivity index (χ0n) is 12.9. The SMILES string of the molecule is O=C(CNc1cccc(Cl)c1)Nc1ccc(N2CCCC2)cc1. The molecule has 0 atom stereocenters. The fraction of sp³-hybridized carbons (Fsp3) is 0.278. The summed E-state index contributed by atoms with van der Waals surface area (Å²) in [5.74, 6) is -0.0844. The third-order valence-electron chi connectivity index (χ3n) is 3.90. The van der Waals surface area contributed by atoms with Crippen molar-refractivity contribution in [2.24, 2.45) is 0 Å². The quantitative estimate of drug-likeness (QED) is 0.871. The van der Waals surface area contributed by atoms with Crippen LogP contribution >= 0.6 is 11.6 Å². The van der Waals surface area contributed by atoms with Crippen LogP contribution < -0.4 is 15.5 Å². The summed E-state index contributed by atoms with van der Waals surface area (Å²) in [7, 11) is 0. The Morgan fingerprint density at radius 1 is 1.04 bits per heavy atom. The van der Waals surface area contributed by atoms with Gasteiger partial charge in [0.15, 0.2) is 0 Å². The molecule has 0 bridgehead atoms. The van der Waals surface area contributed by atoms with Crippen molar-refractivity contribution in [3.05, 3.63) is 53.6 Å². The molecular weight excluding hydrogens is 310 g/mol. The monoisotopic (exact) mass is 329 g/mol. The minimum Gasteiger partial charge on any atom is -0.376 e. The standard InChI is InChI=1S/C18H20ClN3O/c19-14-4-3-5-16(12-14)20-13-18(23)21-15-6-8-17(9-7-15)22-10-1-2-11-22/h3-9,12,20H,1-2,10-11,13H2,(H,21,23). The highest BCUT2D eigenvalue weighted by atomic mass is 35.5. The molecule has 0 unspecified atom stereocenters. The first-order valence-electron chi connectivity index (χ1n) is 7.85. The maximum absolute atomic E-state index is 12.0. The van der Waals surface area contributed by atoms with Crippen LogP contribution in [0.25, 0.3) is 0 Å². The fourth-order valence-corrected chi connectivity index (χ4v) is 2.91. The molecule has 1 amide bonds. The number of benzene rings is 2. The molecule has 1 heterocycles. The van der Waals surface area contributed by atoms with E-state index < -0.39 is 0 Å². The molecule has 0 aliphatic carbocycles. The lowest BCUT2D eigenvalue weighted by atomic mass is 10.2. The Hall–Kier alpha value is -2.20. The number of rotatable bonds is 5. The van der Waals surface area contributed by atoms with Crippen LogP contribution in [0.5, 0.6) is 0 Å². The van der Waals surface area contributed by atoms with Gasteiger partial charge in [0, 0.05) is 35.2 Å². The minimum atomic E-state index is -0.0844. The van der Waals surface area contributed by atoms with E-state index >= 15 is 0 Å². The minimum absolute atomic E-state index is 0.0844. The van der Waals surface area contributed by atoms with Gasteiger partial charge in [-0.2, -0.15) is 0 Å². The molecule has 0 radical (unpaired) electrons. The van der Waals surface area contributed by atoms with E-state index in [4.69, 9.17) is 11.6 Å². The Morgan fingerprint density at radius 2 is 1.78 bits per heavy atom. The van der Waals surface area contributed by atoms with E-state index in [2.05, 4.69) is 27.7 Å². The number of carbonyl (C=O) groups excluding carboxylic acids is 1. The van der Waals surface area contributed by atoms with Crippen LogP contribution in [0.1, 0.15) is 12.8 Å². The first kappa shape index (κ1) is 15.7. The van der Waals surface area contributed by atoms with Crippen molar-refractivity contribution >= 4 is 34.6 Å². The molecule has 1 saturated heterocycles. The van der Waals surface area contributed by atoms with Crippen LogP contribution in [0, 0.1) is 0 Å². The Labute approximate surface area is 141 Å². The molecule has 4 nitrogen and oxygen atoms in total. The van der Waals surface area contributed by atoms with E-state index in [1.165, 1.54) is 18.5 Å². The Kier molecular flexibility index (Phi) is 5.03. The van der Waals surface area contributed by atoms with Crippen LogP contribution in [-0.4, -0.2) is 25.5 Å². The molecular formula is C18H20ClN3O. The third-order valence-corrected chi connectivity index (χ3v) is 4.14. The predicted octanol–water partition coefficient (Wildman–Crippen LogP) is 3.99. The molecule has 120 valence electrons. The van der Waals surface area contributed by atoms with Crippen molar-refractivity contribution in [2.45, 2.75) is 12.8 Å². The lowest BCUT2D eigenvalue weighted by Gasteiger charge is -2.17. The van der Waals surface area contributed by atoms with Crippen LogP contribution in [0.15, 0.2) is 48.5 Å². The van der Waals surface area contributed by atoms with E-state index in [0.29, 0.717) is 5.02 Å². The van der Waals surface area contributed by atoms with Gasteiger partial charge in [0.2, 0.25) is 5.91 Å². The Morgan fingerprint density at radius 3 is 2.48 bits per heavy atom. The number of halogens is 1. The summed E-state index contributed by atoms with van der Waals surface area (Å²) >= 11 is 5.91. The predicted molar refractivity (Wildman–Crippen MR) is 96.5 cm³/mol. The molecule has 2 aromatic rings. The van der Waals surface area contributed by atoms with E-state index in [1.54, 1.807) is 12.1 Å². The molecule has 2 aromatic carbocycles. The van der Waals surface area contributed by atoms with Crippen molar-refractivity contribution in [1.82, 2.24) is 0 Å². The van der Waals surface area contributed by atoms with Gasteiger partial charge < -0.3 is 15.5 Å². The van der Waals surface area contributed by atoms with E-state index in [0.717, 1.165) is 24.5 Å². The van der Waals surface area contributed by atoms with Gasteiger partial charge >= 0.3 is 0 Å². The first-order chi connectivity index (χ1) is 11.2. The number of hydrogen-bond acceptors (Lipinski definition) is 3. The highest BCUT2D eigenvalue weighted by Gasteiger charge is 2.12. The number of amides is 1. The molecule has 1 aliphatic heterocycles. The number of hydrogen-bond donors (Lipinski definition) is 2. The Balaban J connectivity index is 1.51. The van der Waals surface area contributed by atoms with Crippen molar-refractivity contribution in [3.63, 3.8) is 0 Å². The van der Waals surface area contributed by atoms with Gasteiger partial charge in [-0.05, 0) is 55.3 Å². The second-order valence-electron chi connectivity index (χ2n) is 5.65. The van der Waals surface area contributed by atoms with Crippen molar-refractivity contribution in [1.29, 1.82) is 0 Å². The van der Waals surface area contributed by atoms with Crippen molar-refractivity contribution in [2.75, 3.05) is 35.2 Å². The normalized spacial score (nSPS) is 13.9. The summed E-state index contributed by atoms with van der Waals surface area (Å²) in [6.45, 7) is 2.44. The van der Waals surface area contributed by atoms with E-state index in [9.17, 15) is 4.79 Å². The average Bonchev–Trinajstić information content (AvgIpc) is 3.08. The van der Waals surface area contributed by atoms with Gasteiger partial charge in [-0.25, -0.2) is 0 Å². The smallest absolute Gasteiger partial charge is 0.243 e. The van der Waals surface area contributed by atoms with Crippen LogP contribution in [0.2, 0.25) is 5.02 Å². The number of nitrogens with one attached hydrogen (secondary N) is 2. The zero-order valence-corrected chi connectivity index (χ0v) is 13.6. The molecule has 2 N–H and O–H groups in total. The van der Waals surface area contributed by atoms with Gasteiger partial charge in [0.25, 0.3) is 0 Å². The highest BCUT2D eigenvalue weighted by Crippen LogP contribution is 2.22. The molecule has 0 spiro atoms. The van der Waals surface area contributed by atoms with Crippen LogP contribution in [0.4, 0.5) is 17.1 Å². The van der Waals surface area contributed by atoms with Gasteiger partial charge in [0.1, 0.15) is 0 Å². The maximum atomic E-state index is 12.0. The van der Waals surface area contributed by atoms with Gasteiger partial charge in [0.05, 0.1) is 6.54 Å². The summed E-state index contributed by atoms with van der Waals surface area (Å²) in [5, 5.41) is 6.59. The molecule has 23 heavy (non-hydrogen) atoms. The zero-order chi connectivity index (χ0) is 16.1.